The highest BCUT2D eigenvalue weighted by Gasteiger charge is 2.39. The second-order valence-corrected chi connectivity index (χ2v) is 8.57. The Kier molecular flexibility index (Phi) is 6.20. The van der Waals surface area contributed by atoms with Crippen molar-refractivity contribution in [2.24, 2.45) is 11.8 Å². The van der Waals surface area contributed by atoms with E-state index >= 15 is 0 Å². The molecule has 0 aliphatic carbocycles. The van der Waals surface area contributed by atoms with Gasteiger partial charge in [0.2, 0.25) is 11.8 Å². The van der Waals surface area contributed by atoms with E-state index in [1.54, 1.807) is 0 Å². The van der Waals surface area contributed by atoms with Gasteiger partial charge in [-0.25, -0.2) is 0 Å². The molecule has 2 fully saturated rings. The standard InChI is InChI=1S/C22H33N3O2/c1-15(2)17-5-7-18(8-6-17)16(3)23-21(26)20-13-25(14-20)22(27)19-9-11-24(4)12-10-19/h5-8,15-16,19-20H,9-14H2,1-4H3,(H,23,26). The molecule has 2 aliphatic rings. The number of amides is 2. The van der Waals surface area contributed by atoms with Gasteiger partial charge in [-0.1, -0.05) is 38.1 Å². The van der Waals surface area contributed by atoms with Crippen LogP contribution in [0.1, 0.15) is 56.7 Å². The zero-order valence-corrected chi connectivity index (χ0v) is 17.1. The van der Waals surface area contributed by atoms with Crippen LogP contribution in [-0.4, -0.2) is 54.8 Å². The Morgan fingerprint density at radius 2 is 1.52 bits per heavy atom. The molecule has 2 amide bonds. The predicted molar refractivity (Wildman–Crippen MR) is 107 cm³/mol. The van der Waals surface area contributed by atoms with Gasteiger partial charge in [0, 0.05) is 19.0 Å². The van der Waals surface area contributed by atoms with Crippen molar-refractivity contribution >= 4 is 11.8 Å². The van der Waals surface area contributed by atoms with Crippen molar-refractivity contribution in [2.75, 3.05) is 33.2 Å². The first kappa shape index (κ1) is 19.9. The summed E-state index contributed by atoms with van der Waals surface area (Å²) in [6.45, 7) is 9.47. The number of benzene rings is 1. The van der Waals surface area contributed by atoms with E-state index in [1.165, 1.54) is 5.56 Å². The first-order valence-electron chi connectivity index (χ1n) is 10.2. The molecule has 1 unspecified atom stereocenters. The molecule has 1 N–H and O–H groups in total. The third-order valence-corrected chi connectivity index (χ3v) is 6.09. The molecular weight excluding hydrogens is 338 g/mol. The van der Waals surface area contributed by atoms with Gasteiger partial charge in [0.1, 0.15) is 0 Å². The average molecular weight is 372 g/mol. The lowest BCUT2D eigenvalue weighted by atomic mass is 9.91. The molecule has 0 aromatic heterocycles. The van der Waals surface area contributed by atoms with Crippen LogP contribution in [0.5, 0.6) is 0 Å². The van der Waals surface area contributed by atoms with E-state index in [4.69, 9.17) is 0 Å². The number of likely N-dealkylation sites (tertiary alicyclic amines) is 2. The van der Waals surface area contributed by atoms with Gasteiger partial charge in [0.05, 0.1) is 12.0 Å². The highest BCUT2D eigenvalue weighted by Crippen LogP contribution is 2.25. The van der Waals surface area contributed by atoms with Gasteiger partial charge in [-0.15, -0.1) is 0 Å². The van der Waals surface area contributed by atoms with E-state index in [-0.39, 0.29) is 29.7 Å². The molecule has 1 aromatic rings. The summed E-state index contributed by atoms with van der Waals surface area (Å²) in [4.78, 5) is 29.2. The van der Waals surface area contributed by atoms with Crippen molar-refractivity contribution < 1.29 is 9.59 Å². The Labute approximate surface area is 163 Å². The number of rotatable bonds is 5. The van der Waals surface area contributed by atoms with Gasteiger partial charge in [0.15, 0.2) is 0 Å². The van der Waals surface area contributed by atoms with Crippen molar-refractivity contribution in [3.05, 3.63) is 35.4 Å². The Morgan fingerprint density at radius 3 is 2.07 bits per heavy atom. The number of nitrogens with zero attached hydrogens (tertiary/aromatic N) is 2. The minimum atomic E-state index is -0.0717. The van der Waals surface area contributed by atoms with Crippen LogP contribution in [-0.2, 0) is 9.59 Å². The molecule has 5 nitrogen and oxygen atoms in total. The smallest absolute Gasteiger partial charge is 0.227 e. The first-order valence-corrected chi connectivity index (χ1v) is 10.2. The Morgan fingerprint density at radius 1 is 0.963 bits per heavy atom. The molecule has 2 heterocycles. The monoisotopic (exact) mass is 371 g/mol. The minimum absolute atomic E-state index is 0.0163. The minimum Gasteiger partial charge on any atom is -0.349 e. The van der Waals surface area contributed by atoms with Crippen LogP contribution in [0.4, 0.5) is 0 Å². The van der Waals surface area contributed by atoms with Crippen LogP contribution in [0.15, 0.2) is 24.3 Å². The molecular formula is C22H33N3O2. The zero-order valence-electron chi connectivity index (χ0n) is 17.1. The molecule has 27 heavy (non-hydrogen) atoms. The van der Waals surface area contributed by atoms with Crippen LogP contribution in [0, 0.1) is 11.8 Å². The lowest BCUT2D eigenvalue weighted by Gasteiger charge is -2.41. The Balaban J connectivity index is 1.45. The topological polar surface area (TPSA) is 52.7 Å². The molecule has 1 atom stereocenters. The average Bonchev–Trinajstić information content (AvgIpc) is 2.61. The molecule has 3 rings (SSSR count). The van der Waals surface area contributed by atoms with Crippen LogP contribution < -0.4 is 5.32 Å². The van der Waals surface area contributed by atoms with E-state index in [9.17, 15) is 9.59 Å². The molecule has 148 valence electrons. The highest BCUT2D eigenvalue weighted by atomic mass is 16.2. The fraction of sp³-hybridized carbons (Fsp3) is 0.636. The van der Waals surface area contributed by atoms with Crippen molar-refractivity contribution in [3.63, 3.8) is 0 Å². The molecule has 0 bridgehead atoms. The first-order chi connectivity index (χ1) is 12.8. The third kappa shape index (κ3) is 4.70. The number of piperidine rings is 1. The Hall–Kier alpha value is -1.88. The highest BCUT2D eigenvalue weighted by molar-refractivity contribution is 5.85. The lowest BCUT2D eigenvalue weighted by molar-refractivity contribution is -0.147. The molecule has 0 saturated carbocycles. The largest absolute Gasteiger partial charge is 0.349 e. The van der Waals surface area contributed by atoms with Crippen LogP contribution in [0.25, 0.3) is 0 Å². The summed E-state index contributed by atoms with van der Waals surface area (Å²) in [5.74, 6) is 0.876. The molecule has 0 radical (unpaired) electrons. The van der Waals surface area contributed by atoms with E-state index in [1.807, 2.05) is 11.8 Å². The molecule has 1 aromatic carbocycles. The fourth-order valence-electron chi connectivity index (χ4n) is 3.92. The van der Waals surface area contributed by atoms with Gasteiger partial charge in [-0.05, 0) is 56.9 Å². The summed E-state index contributed by atoms with van der Waals surface area (Å²) in [5, 5.41) is 3.11. The van der Waals surface area contributed by atoms with E-state index in [0.29, 0.717) is 19.0 Å². The maximum Gasteiger partial charge on any atom is 0.227 e. The van der Waals surface area contributed by atoms with Crippen molar-refractivity contribution in [1.29, 1.82) is 0 Å². The van der Waals surface area contributed by atoms with Crippen LogP contribution >= 0.6 is 0 Å². The maximum absolute atomic E-state index is 12.6. The van der Waals surface area contributed by atoms with Crippen molar-refractivity contribution in [3.8, 4) is 0 Å². The molecule has 2 aliphatic heterocycles. The number of hydrogen-bond donors (Lipinski definition) is 1. The predicted octanol–water partition coefficient (Wildman–Crippen LogP) is 2.79. The van der Waals surface area contributed by atoms with Gasteiger partial charge in [-0.3, -0.25) is 9.59 Å². The van der Waals surface area contributed by atoms with Crippen molar-refractivity contribution in [1.82, 2.24) is 15.1 Å². The number of hydrogen-bond acceptors (Lipinski definition) is 3. The van der Waals surface area contributed by atoms with E-state index in [2.05, 4.69) is 55.4 Å². The van der Waals surface area contributed by atoms with E-state index < -0.39 is 0 Å². The van der Waals surface area contributed by atoms with Gasteiger partial charge >= 0.3 is 0 Å². The second kappa shape index (κ2) is 8.42. The summed E-state index contributed by atoms with van der Waals surface area (Å²) in [5.41, 5.74) is 2.42. The fourth-order valence-corrected chi connectivity index (χ4v) is 3.92. The van der Waals surface area contributed by atoms with Gasteiger partial charge in [0.25, 0.3) is 0 Å². The third-order valence-electron chi connectivity index (χ3n) is 6.09. The second-order valence-electron chi connectivity index (χ2n) is 8.57. The van der Waals surface area contributed by atoms with Gasteiger partial charge in [-0.2, -0.15) is 0 Å². The number of carbonyl (C=O) groups is 2. The lowest BCUT2D eigenvalue weighted by Crippen LogP contribution is -2.57. The maximum atomic E-state index is 12.6. The van der Waals surface area contributed by atoms with Crippen molar-refractivity contribution in [2.45, 2.75) is 45.6 Å². The summed E-state index contributed by atoms with van der Waals surface area (Å²) in [6.07, 6.45) is 1.87. The molecule has 2 saturated heterocycles. The summed E-state index contributed by atoms with van der Waals surface area (Å²) >= 11 is 0. The molecule has 0 spiro atoms. The Bertz CT molecular complexity index is 657. The van der Waals surface area contributed by atoms with E-state index in [0.717, 1.165) is 31.5 Å². The van der Waals surface area contributed by atoms with Crippen LogP contribution in [0.3, 0.4) is 0 Å². The summed E-state index contributed by atoms with van der Waals surface area (Å²) in [7, 11) is 2.10. The van der Waals surface area contributed by atoms with Crippen LogP contribution in [0.2, 0.25) is 0 Å². The quantitative estimate of drug-likeness (QED) is 0.866. The zero-order chi connectivity index (χ0) is 19.6. The number of nitrogens with one attached hydrogen (secondary N) is 1. The summed E-state index contributed by atoms with van der Waals surface area (Å²) < 4.78 is 0. The summed E-state index contributed by atoms with van der Waals surface area (Å²) in [6, 6.07) is 8.44. The van der Waals surface area contributed by atoms with Gasteiger partial charge < -0.3 is 15.1 Å². The number of carbonyl (C=O) groups excluding carboxylic acids is 2. The molecule has 5 heteroatoms. The SMILES string of the molecule is CC(C)c1ccc(C(C)NC(=O)C2CN(C(=O)C3CCN(C)CC3)C2)cc1. The normalized spacial score (nSPS) is 20.4.